The molecule has 0 saturated carbocycles. The molecule has 2 aromatic heterocycles. The number of likely N-dealkylation sites (tertiary alicyclic amines) is 1. The van der Waals surface area contributed by atoms with E-state index in [9.17, 15) is 4.79 Å². The summed E-state index contributed by atoms with van der Waals surface area (Å²) in [6.07, 6.45) is 9.00. The number of aromatic nitrogens is 3. The highest BCUT2D eigenvalue weighted by molar-refractivity contribution is 5.92. The van der Waals surface area contributed by atoms with Crippen LogP contribution in [0.4, 0.5) is 0 Å². The number of H-pyrrole nitrogens is 1. The largest absolute Gasteiger partial charge is 0.357 e. The molecule has 106 valence electrons. The molecule has 3 heterocycles. The summed E-state index contributed by atoms with van der Waals surface area (Å²) in [5.74, 6) is 0.101. The van der Waals surface area contributed by atoms with E-state index in [1.54, 1.807) is 6.20 Å². The van der Waals surface area contributed by atoms with Crippen LogP contribution in [0.15, 0.2) is 30.7 Å². The van der Waals surface area contributed by atoms with E-state index in [0.717, 1.165) is 31.5 Å². The molecule has 0 spiro atoms. The second kappa shape index (κ2) is 5.53. The predicted molar refractivity (Wildman–Crippen MR) is 76.4 cm³/mol. The predicted octanol–water partition coefficient (Wildman–Crippen LogP) is 2.21. The molecule has 1 amide bonds. The van der Waals surface area contributed by atoms with Crippen molar-refractivity contribution in [2.24, 2.45) is 0 Å². The molecular formula is C15H20N4O. The van der Waals surface area contributed by atoms with Crippen LogP contribution in [0.5, 0.6) is 0 Å². The average molecular weight is 272 g/mol. The summed E-state index contributed by atoms with van der Waals surface area (Å²) in [5.41, 5.74) is 1.83. The summed E-state index contributed by atoms with van der Waals surface area (Å²) in [6.45, 7) is 3.65. The Labute approximate surface area is 118 Å². The maximum Gasteiger partial charge on any atom is 0.270 e. The van der Waals surface area contributed by atoms with Gasteiger partial charge in [-0.3, -0.25) is 9.48 Å². The van der Waals surface area contributed by atoms with Crippen molar-refractivity contribution in [2.75, 3.05) is 6.54 Å². The molecule has 3 rings (SSSR count). The van der Waals surface area contributed by atoms with E-state index in [0.29, 0.717) is 5.69 Å². The van der Waals surface area contributed by atoms with E-state index in [4.69, 9.17) is 0 Å². The highest BCUT2D eigenvalue weighted by Gasteiger charge is 2.28. The third-order valence-corrected chi connectivity index (χ3v) is 3.88. The number of aromatic amines is 1. The fourth-order valence-corrected chi connectivity index (χ4v) is 2.86. The van der Waals surface area contributed by atoms with E-state index in [1.807, 2.05) is 41.0 Å². The normalized spacial score (nSPS) is 19.2. The lowest BCUT2D eigenvalue weighted by Gasteiger charge is -2.35. The van der Waals surface area contributed by atoms with Gasteiger partial charge in [0.2, 0.25) is 0 Å². The molecule has 1 saturated heterocycles. The van der Waals surface area contributed by atoms with Crippen molar-refractivity contribution in [3.8, 4) is 0 Å². The number of rotatable bonds is 3. The van der Waals surface area contributed by atoms with Crippen molar-refractivity contribution in [1.82, 2.24) is 19.7 Å². The van der Waals surface area contributed by atoms with E-state index < -0.39 is 0 Å². The summed E-state index contributed by atoms with van der Waals surface area (Å²) >= 11 is 0. The molecule has 20 heavy (non-hydrogen) atoms. The first-order chi connectivity index (χ1) is 9.74. The van der Waals surface area contributed by atoms with Gasteiger partial charge in [0.05, 0.1) is 18.8 Å². The Bertz CT molecular complexity index is 572. The SMILES string of the molecule is Cc1cnn(C[C@@H]2CCCCN2C(=O)c2ccc[nH]2)c1. The summed E-state index contributed by atoms with van der Waals surface area (Å²) in [7, 11) is 0. The monoisotopic (exact) mass is 272 g/mol. The van der Waals surface area contributed by atoms with Crippen molar-refractivity contribution in [1.29, 1.82) is 0 Å². The van der Waals surface area contributed by atoms with Gasteiger partial charge in [0.1, 0.15) is 5.69 Å². The van der Waals surface area contributed by atoms with Crippen molar-refractivity contribution in [2.45, 2.75) is 38.8 Å². The minimum atomic E-state index is 0.101. The van der Waals surface area contributed by atoms with Gasteiger partial charge in [-0.25, -0.2) is 0 Å². The molecule has 1 N–H and O–H groups in total. The number of hydrogen-bond donors (Lipinski definition) is 1. The topological polar surface area (TPSA) is 53.9 Å². The van der Waals surface area contributed by atoms with Crippen LogP contribution in [0.25, 0.3) is 0 Å². The Morgan fingerprint density at radius 3 is 3.10 bits per heavy atom. The molecule has 0 radical (unpaired) electrons. The zero-order valence-corrected chi connectivity index (χ0v) is 11.7. The van der Waals surface area contributed by atoms with Gasteiger partial charge < -0.3 is 9.88 Å². The van der Waals surface area contributed by atoms with Gasteiger partial charge >= 0.3 is 0 Å². The molecule has 5 nitrogen and oxygen atoms in total. The summed E-state index contributed by atoms with van der Waals surface area (Å²) in [4.78, 5) is 17.5. The Morgan fingerprint density at radius 2 is 2.40 bits per heavy atom. The van der Waals surface area contributed by atoms with Gasteiger partial charge in [0.25, 0.3) is 5.91 Å². The minimum Gasteiger partial charge on any atom is -0.357 e. The fourth-order valence-electron chi connectivity index (χ4n) is 2.86. The molecule has 0 aliphatic carbocycles. The van der Waals surface area contributed by atoms with Gasteiger partial charge in [-0.05, 0) is 43.9 Å². The van der Waals surface area contributed by atoms with Crippen LogP contribution >= 0.6 is 0 Å². The first-order valence-electron chi connectivity index (χ1n) is 7.17. The molecule has 2 aromatic rings. The van der Waals surface area contributed by atoms with Crippen molar-refractivity contribution in [3.63, 3.8) is 0 Å². The maximum absolute atomic E-state index is 12.5. The number of amides is 1. The fraction of sp³-hybridized carbons (Fsp3) is 0.467. The van der Waals surface area contributed by atoms with Crippen molar-refractivity contribution in [3.05, 3.63) is 42.0 Å². The molecular weight excluding hydrogens is 252 g/mol. The first-order valence-corrected chi connectivity index (χ1v) is 7.17. The number of piperidine rings is 1. The maximum atomic E-state index is 12.5. The van der Waals surface area contributed by atoms with Crippen LogP contribution in [0.3, 0.4) is 0 Å². The Balaban J connectivity index is 1.75. The molecule has 1 aliphatic rings. The third-order valence-electron chi connectivity index (χ3n) is 3.88. The highest BCUT2D eigenvalue weighted by atomic mass is 16.2. The quantitative estimate of drug-likeness (QED) is 0.931. The van der Waals surface area contributed by atoms with Crippen LogP contribution in [0.2, 0.25) is 0 Å². The Morgan fingerprint density at radius 1 is 1.50 bits per heavy atom. The Kier molecular flexibility index (Phi) is 3.58. The molecule has 0 aromatic carbocycles. The van der Waals surface area contributed by atoms with E-state index in [1.165, 1.54) is 6.42 Å². The number of nitrogens with one attached hydrogen (secondary N) is 1. The van der Waals surface area contributed by atoms with E-state index >= 15 is 0 Å². The second-order valence-electron chi connectivity index (χ2n) is 5.47. The van der Waals surface area contributed by atoms with Crippen LogP contribution in [-0.4, -0.2) is 38.2 Å². The Hall–Kier alpha value is -2.04. The number of aryl methyl sites for hydroxylation is 1. The minimum absolute atomic E-state index is 0.101. The number of carbonyl (C=O) groups excluding carboxylic acids is 1. The lowest BCUT2D eigenvalue weighted by atomic mass is 10.0. The van der Waals surface area contributed by atoms with Gasteiger partial charge in [0.15, 0.2) is 0 Å². The zero-order chi connectivity index (χ0) is 13.9. The van der Waals surface area contributed by atoms with Crippen LogP contribution in [0, 0.1) is 6.92 Å². The summed E-state index contributed by atoms with van der Waals surface area (Å²) in [6, 6.07) is 3.94. The number of nitrogens with zero attached hydrogens (tertiary/aromatic N) is 3. The highest BCUT2D eigenvalue weighted by Crippen LogP contribution is 2.20. The van der Waals surface area contributed by atoms with E-state index in [-0.39, 0.29) is 11.9 Å². The third kappa shape index (κ3) is 2.61. The number of carbonyl (C=O) groups is 1. The summed E-state index contributed by atoms with van der Waals surface area (Å²) < 4.78 is 1.94. The summed E-state index contributed by atoms with van der Waals surface area (Å²) in [5, 5.41) is 4.34. The first kappa shape index (κ1) is 13.0. The van der Waals surface area contributed by atoms with Crippen LogP contribution < -0.4 is 0 Å². The van der Waals surface area contributed by atoms with E-state index in [2.05, 4.69) is 10.1 Å². The lowest BCUT2D eigenvalue weighted by molar-refractivity contribution is 0.0578. The molecule has 1 aliphatic heterocycles. The average Bonchev–Trinajstić information content (AvgIpc) is 3.10. The van der Waals surface area contributed by atoms with Gasteiger partial charge in [0, 0.05) is 18.9 Å². The smallest absolute Gasteiger partial charge is 0.270 e. The van der Waals surface area contributed by atoms with Gasteiger partial charge in [-0.2, -0.15) is 5.10 Å². The second-order valence-corrected chi connectivity index (χ2v) is 5.47. The van der Waals surface area contributed by atoms with Crippen LogP contribution in [-0.2, 0) is 6.54 Å². The zero-order valence-electron chi connectivity index (χ0n) is 11.7. The lowest BCUT2D eigenvalue weighted by Crippen LogP contribution is -2.46. The van der Waals surface area contributed by atoms with Crippen molar-refractivity contribution < 1.29 is 4.79 Å². The number of hydrogen-bond acceptors (Lipinski definition) is 2. The van der Waals surface area contributed by atoms with Gasteiger partial charge in [-0.15, -0.1) is 0 Å². The molecule has 5 heteroatoms. The van der Waals surface area contributed by atoms with Crippen molar-refractivity contribution >= 4 is 5.91 Å². The molecule has 1 atom stereocenters. The molecule has 1 fully saturated rings. The molecule has 0 bridgehead atoms. The van der Waals surface area contributed by atoms with Gasteiger partial charge in [-0.1, -0.05) is 0 Å². The molecule has 0 unspecified atom stereocenters. The van der Waals surface area contributed by atoms with Crippen LogP contribution in [0.1, 0.15) is 35.3 Å². The standard InChI is InChI=1S/C15H20N4O/c1-12-9-17-18(10-12)11-13-5-2-3-8-19(13)15(20)14-6-4-7-16-14/h4,6-7,9-10,13,16H,2-3,5,8,11H2,1H3/t13-/m0/s1.